The van der Waals surface area contributed by atoms with Crippen molar-refractivity contribution in [2.45, 2.75) is 11.5 Å². The Morgan fingerprint density at radius 1 is 0.538 bits per heavy atom. The van der Waals surface area contributed by atoms with E-state index in [4.69, 9.17) is 4.74 Å². The van der Waals surface area contributed by atoms with Crippen molar-refractivity contribution in [3.8, 4) is 0 Å². The molecule has 8 nitrogen and oxygen atoms in total. The van der Waals surface area contributed by atoms with Gasteiger partial charge >= 0.3 is 229 Å². The molecule has 0 saturated heterocycles. The molecule has 0 amide bonds. The summed E-state index contributed by atoms with van der Waals surface area (Å²) in [6.45, 7) is 0. The molecule has 9 heteroatoms. The van der Waals surface area contributed by atoms with Crippen molar-refractivity contribution in [2.75, 3.05) is 0 Å². The van der Waals surface area contributed by atoms with Gasteiger partial charge in [0.1, 0.15) is 0 Å². The molecule has 1 unspecified atom stereocenters. The fourth-order valence-electron chi connectivity index (χ4n) is 4.82. The Morgan fingerprint density at radius 3 is 1.15 bits per heavy atom. The van der Waals surface area contributed by atoms with Gasteiger partial charge in [-0.2, -0.15) is 0 Å². The zero-order valence-corrected chi connectivity index (χ0v) is 24.1. The Balaban J connectivity index is 2.11. The number of carbonyl (C=O) groups is 4. The van der Waals surface area contributed by atoms with Crippen LogP contribution in [-0.2, 0) is 30.1 Å². The van der Waals surface area contributed by atoms with Gasteiger partial charge in [0.2, 0.25) is 0 Å². The fourth-order valence-corrected chi connectivity index (χ4v) is 9.74. The Hall–Kier alpha value is -4.37. The Labute approximate surface area is 228 Å². The van der Waals surface area contributed by atoms with Crippen LogP contribution in [0.25, 0.3) is 0 Å². The van der Waals surface area contributed by atoms with Crippen LogP contribution in [0.15, 0.2) is 121 Å². The molecule has 4 rings (SSSR count). The van der Waals surface area contributed by atoms with Crippen LogP contribution in [0.2, 0.25) is 0 Å². The van der Waals surface area contributed by atoms with E-state index in [1.165, 1.54) is 0 Å². The molecule has 0 fully saturated rings. The molecule has 4 aromatic rings. The first-order chi connectivity index (χ1) is 18.8. The number of rotatable bonds is 10. The molecule has 3 N–H and O–H groups in total. The first-order valence-corrected chi connectivity index (χ1v) is 19.1. The zero-order valence-electron chi connectivity index (χ0n) is 20.5. The van der Waals surface area contributed by atoms with E-state index in [2.05, 4.69) is 0 Å². The van der Waals surface area contributed by atoms with E-state index in [-0.39, 0.29) is 0 Å². The van der Waals surface area contributed by atoms with E-state index in [0.29, 0.717) is 22.3 Å². The van der Waals surface area contributed by atoms with E-state index in [1.807, 2.05) is 54.6 Å². The number of carboxylic acid groups (broad SMARTS) is 3. The molecule has 0 saturated carbocycles. The maximum absolute atomic E-state index is 13.6. The molecule has 0 radical (unpaired) electrons. The summed E-state index contributed by atoms with van der Waals surface area (Å²) in [6, 6.07) is 35.7. The van der Waals surface area contributed by atoms with Gasteiger partial charge in [-0.3, -0.25) is 0 Å². The molecular weight excluding hydrogens is 667 g/mol. The van der Waals surface area contributed by atoms with Crippen molar-refractivity contribution in [1.82, 2.24) is 0 Å². The summed E-state index contributed by atoms with van der Waals surface area (Å²) in [5.74, 6) is 0. The van der Waals surface area contributed by atoms with Gasteiger partial charge in [-0.1, -0.05) is 0 Å². The van der Waals surface area contributed by atoms with E-state index >= 15 is 0 Å². The molecular formula is C30H24HfO8. The van der Waals surface area contributed by atoms with Crippen LogP contribution >= 0.6 is 0 Å². The van der Waals surface area contributed by atoms with Gasteiger partial charge in [-0.05, 0) is 0 Å². The zero-order chi connectivity index (χ0) is 28.0. The molecule has 1 atom stereocenters. The summed E-state index contributed by atoms with van der Waals surface area (Å²) in [4.78, 5) is 50.1. The monoisotopic (exact) mass is 692 g/mol. The predicted octanol–water partition coefficient (Wildman–Crippen LogP) is 7.09. The van der Waals surface area contributed by atoms with Crippen LogP contribution in [0.3, 0.4) is 0 Å². The van der Waals surface area contributed by atoms with E-state index in [0.717, 1.165) is 0 Å². The molecule has 0 aliphatic carbocycles. The van der Waals surface area contributed by atoms with Crippen molar-refractivity contribution in [3.63, 3.8) is 0 Å². The third kappa shape index (κ3) is 4.81. The quantitative estimate of drug-likeness (QED) is 0.119. The summed E-state index contributed by atoms with van der Waals surface area (Å²) < 4.78 is -2.23. The fraction of sp³-hybridized carbons (Fsp3) is 0.0667. The average molecular weight is 691 g/mol. The molecule has 196 valence electrons. The van der Waals surface area contributed by atoms with Crippen LogP contribution < -0.4 is 0 Å². The summed E-state index contributed by atoms with van der Waals surface area (Å²) in [5, 5.41) is 29.4. The Bertz CT molecular complexity index is 1340. The Morgan fingerprint density at radius 2 is 0.846 bits per heavy atom. The summed E-state index contributed by atoms with van der Waals surface area (Å²) in [7, 11) is 0. The maximum atomic E-state index is 13.6. The second-order valence-electron chi connectivity index (χ2n) is 8.77. The minimum absolute atomic E-state index is 0.422. The van der Waals surface area contributed by atoms with Gasteiger partial charge in [0.15, 0.2) is 0 Å². The SMILES string of the molecule is O=[C](O)[Hf]([C](=O)O)([C](=O)O)[C](=O)OC(c1ccccc1)C(c1ccccc1)(c1ccccc1)c1ccccc1. The summed E-state index contributed by atoms with van der Waals surface area (Å²) in [5.41, 5.74) is 1.08. The van der Waals surface area contributed by atoms with Crippen LogP contribution in [0.5, 0.6) is 0 Å². The van der Waals surface area contributed by atoms with Crippen molar-refractivity contribution < 1.29 is 59.2 Å². The third-order valence-corrected chi connectivity index (χ3v) is 16.2. The molecule has 39 heavy (non-hydrogen) atoms. The molecule has 0 spiro atoms. The molecule has 4 aromatic carbocycles. The van der Waals surface area contributed by atoms with Gasteiger partial charge in [0.05, 0.1) is 0 Å². The van der Waals surface area contributed by atoms with Crippen LogP contribution in [0.4, 0.5) is 19.2 Å². The van der Waals surface area contributed by atoms with Crippen LogP contribution in [-0.4, -0.2) is 30.2 Å². The van der Waals surface area contributed by atoms with Crippen molar-refractivity contribution in [3.05, 3.63) is 144 Å². The second-order valence-corrected chi connectivity index (χ2v) is 20.2. The molecule has 0 aliphatic heterocycles. The third-order valence-electron chi connectivity index (χ3n) is 6.68. The number of ether oxygens (including phenoxy) is 1. The topological polar surface area (TPSA) is 138 Å². The normalized spacial score (nSPS) is 12.2. The van der Waals surface area contributed by atoms with Gasteiger partial charge in [0.25, 0.3) is 0 Å². The Kier molecular flexibility index (Phi) is 8.21. The van der Waals surface area contributed by atoms with Crippen LogP contribution in [0, 0.1) is 0 Å². The number of hydrogen-bond acceptors (Lipinski definition) is 5. The average Bonchev–Trinajstić information content (AvgIpc) is 2.95. The number of carbonyl (C=O) groups excluding carboxylic acids is 1. The molecule has 0 heterocycles. The predicted molar refractivity (Wildman–Crippen MR) is 139 cm³/mol. The second kappa shape index (κ2) is 11.6. The summed E-state index contributed by atoms with van der Waals surface area (Å²) >= 11 is -6.98. The van der Waals surface area contributed by atoms with Gasteiger partial charge in [-0.25, -0.2) is 0 Å². The van der Waals surface area contributed by atoms with Gasteiger partial charge in [0, 0.05) is 0 Å². The first kappa shape index (κ1) is 27.7. The van der Waals surface area contributed by atoms with Crippen LogP contribution in [0.1, 0.15) is 28.4 Å². The van der Waals surface area contributed by atoms with Gasteiger partial charge < -0.3 is 0 Å². The van der Waals surface area contributed by atoms with E-state index in [1.54, 1.807) is 66.7 Å². The number of benzene rings is 4. The minimum atomic E-state index is -6.98. The number of hydrogen-bond donors (Lipinski definition) is 3. The van der Waals surface area contributed by atoms with E-state index in [9.17, 15) is 34.5 Å². The first-order valence-electron chi connectivity index (χ1n) is 11.9. The standard InChI is InChI=1S/C27H21O2.3CHO2.Hf/c28-21-29-26(22-13-5-1-6-14-22)27(23-15-7-2-8-16-23,24-17-9-3-10-18-24)25-19-11-4-12-20-25;3*2-1-3;/h1-20,26H;3*(H,2,3);. The molecule has 0 aromatic heterocycles. The molecule has 0 aliphatic rings. The van der Waals surface area contributed by atoms with Gasteiger partial charge in [-0.15, -0.1) is 0 Å². The van der Waals surface area contributed by atoms with Crippen molar-refractivity contribution in [2.24, 2.45) is 0 Å². The van der Waals surface area contributed by atoms with E-state index < -0.39 is 46.4 Å². The van der Waals surface area contributed by atoms with Crippen molar-refractivity contribution >= 4 is 14.9 Å². The summed E-state index contributed by atoms with van der Waals surface area (Å²) in [6.07, 6.45) is -1.34. The van der Waals surface area contributed by atoms with Crippen molar-refractivity contribution in [1.29, 1.82) is 0 Å². The molecule has 0 bridgehead atoms.